The molecule has 0 aliphatic heterocycles. The Kier molecular flexibility index (Phi) is 11.1. The Labute approximate surface area is 153 Å². The van der Waals surface area contributed by atoms with Gasteiger partial charge in [-0.15, -0.1) is 0 Å². The van der Waals surface area contributed by atoms with Crippen LogP contribution in [0, 0.1) is 0 Å². The molecule has 0 unspecified atom stereocenters. The molecule has 0 saturated heterocycles. The highest BCUT2D eigenvalue weighted by Gasteiger charge is 2.18. The fourth-order valence-corrected chi connectivity index (χ4v) is 4.43. The summed E-state index contributed by atoms with van der Waals surface area (Å²) in [5.41, 5.74) is 0. The number of nitrogens with one attached hydrogen (secondary N) is 2. The van der Waals surface area contributed by atoms with Gasteiger partial charge in [-0.3, -0.25) is 4.99 Å². The first kappa shape index (κ1) is 22.2. The van der Waals surface area contributed by atoms with E-state index in [1.54, 1.807) is 7.05 Å². The van der Waals surface area contributed by atoms with E-state index in [1.807, 2.05) is 13.8 Å². The molecule has 0 aromatic carbocycles. The van der Waals surface area contributed by atoms with Gasteiger partial charge in [-0.1, -0.05) is 33.1 Å². The van der Waals surface area contributed by atoms with Gasteiger partial charge in [0, 0.05) is 39.8 Å². The number of sulfonamides is 1. The summed E-state index contributed by atoms with van der Waals surface area (Å²) in [6.07, 6.45) is 7.65. The molecule has 0 amide bonds. The molecule has 0 radical (unpaired) electrons. The molecular formula is C17H36N4O3S. The van der Waals surface area contributed by atoms with Gasteiger partial charge in [0.25, 0.3) is 0 Å². The van der Waals surface area contributed by atoms with Crippen molar-refractivity contribution in [1.82, 2.24) is 14.9 Å². The maximum Gasteiger partial charge on any atom is 0.215 e. The molecule has 1 aliphatic carbocycles. The van der Waals surface area contributed by atoms with Crippen LogP contribution in [0.15, 0.2) is 4.99 Å². The van der Waals surface area contributed by atoms with Crippen LogP contribution in [0.5, 0.6) is 0 Å². The number of aliphatic imine (C=N–C) groups is 1. The smallest absolute Gasteiger partial charge is 0.215 e. The highest BCUT2D eigenvalue weighted by atomic mass is 32.2. The lowest BCUT2D eigenvalue weighted by Gasteiger charge is -2.22. The highest BCUT2D eigenvalue weighted by Crippen LogP contribution is 2.20. The van der Waals surface area contributed by atoms with E-state index in [1.165, 1.54) is 36.4 Å². The summed E-state index contributed by atoms with van der Waals surface area (Å²) in [5.74, 6) is 0.701. The van der Waals surface area contributed by atoms with Crippen molar-refractivity contribution in [3.05, 3.63) is 0 Å². The molecule has 0 bridgehead atoms. The van der Waals surface area contributed by atoms with E-state index in [9.17, 15) is 8.42 Å². The molecule has 148 valence electrons. The average molecular weight is 377 g/mol. The Bertz CT molecular complexity index is 472. The Morgan fingerprint density at radius 3 is 2.36 bits per heavy atom. The van der Waals surface area contributed by atoms with E-state index in [2.05, 4.69) is 15.6 Å². The van der Waals surface area contributed by atoms with Gasteiger partial charge >= 0.3 is 0 Å². The molecule has 8 heteroatoms. The van der Waals surface area contributed by atoms with Crippen molar-refractivity contribution in [2.75, 3.05) is 45.6 Å². The molecule has 0 aromatic heterocycles. The molecule has 7 nitrogen and oxygen atoms in total. The molecule has 0 spiro atoms. The van der Waals surface area contributed by atoms with Crippen molar-refractivity contribution in [1.29, 1.82) is 0 Å². The van der Waals surface area contributed by atoms with E-state index in [0.29, 0.717) is 31.7 Å². The van der Waals surface area contributed by atoms with Crippen LogP contribution in [0.25, 0.3) is 0 Å². The summed E-state index contributed by atoms with van der Waals surface area (Å²) in [5, 5.41) is 6.26. The molecule has 2 N–H and O–H groups in total. The minimum absolute atomic E-state index is 0.0696. The summed E-state index contributed by atoms with van der Waals surface area (Å²) >= 11 is 0. The lowest BCUT2D eigenvalue weighted by molar-refractivity contribution is 0.0277. The van der Waals surface area contributed by atoms with Crippen LogP contribution < -0.4 is 10.6 Å². The molecule has 1 aliphatic rings. The lowest BCUT2D eigenvalue weighted by Crippen LogP contribution is -2.42. The number of ether oxygens (including phenoxy) is 1. The van der Waals surface area contributed by atoms with Gasteiger partial charge in [0.05, 0.1) is 11.9 Å². The van der Waals surface area contributed by atoms with Crippen LogP contribution in [0.4, 0.5) is 0 Å². The Hall–Kier alpha value is -0.860. The van der Waals surface area contributed by atoms with Crippen LogP contribution in [-0.4, -0.2) is 70.4 Å². The minimum atomic E-state index is -3.20. The van der Waals surface area contributed by atoms with Gasteiger partial charge in [-0.2, -0.15) is 0 Å². The van der Waals surface area contributed by atoms with Crippen LogP contribution in [0.2, 0.25) is 0 Å². The summed E-state index contributed by atoms with van der Waals surface area (Å²) in [7, 11) is -1.51. The van der Waals surface area contributed by atoms with Crippen LogP contribution in [-0.2, 0) is 14.8 Å². The summed E-state index contributed by atoms with van der Waals surface area (Å²) in [6.45, 7) is 6.57. The first-order valence-corrected chi connectivity index (χ1v) is 11.2. The van der Waals surface area contributed by atoms with Crippen molar-refractivity contribution in [3.8, 4) is 0 Å². The second-order valence-corrected chi connectivity index (χ2v) is 8.40. The van der Waals surface area contributed by atoms with E-state index >= 15 is 0 Å². The number of guanidine groups is 1. The van der Waals surface area contributed by atoms with Gasteiger partial charge < -0.3 is 15.4 Å². The maximum atomic E-state index is 12.1. The fraction of sp³-hybridized carbons (Fsp3) is 0.941. The minimum Gasteiger partial charge on any atom is -0.378 e. The topological polar surface area (TPSA) is 83.0 Å². The van der Waals surface area contributed by atoms with Gasteiger partial charge in [0.1, 0.15) is 0 Å². The van der Waals surface area contributed by atoms with Crippen LogP contribution >= 0.6 is 0 Å². The predicted molar refractivity (Wildman–Crippen MR) is 104 cm³/mol. The Balaban J connectivity index is 2.15. The fourth-order valence-electron chi connectivity index (χ4n) is 3.03. The third-order valence-electron chi connectivity index (χ3n) is 4.49. The zero-order valence-electron chi connectivity index (χ0n) is 16.1. The molecule has 0 aromatic rings. The van der Waals surface area contributed by atoms with Gasteiger partial charge in [-0.05, 0) is 19.3 Å². The van der Waals surface area contributed by atoms with E-state index in [-0.39, 0.29) is 5.75 Å². The van der Waals surface area contributed by atoms with Crippen molar-refractivity contribution in [2.45, 2.75) is 58.5 Å². The number of nitrogens with zero attached hydrogens (tertiary/aromatic N) is 2. The zero-order valence-corrected chi connectivity index (χ0v) is 16.9. The molecule has 1 fully saturated rings. The standard InChI is InChI=1S/C17H36N4O3S/c1-4-21(5-2)25(22,23)15-13-20-17(18-3)19-12-9-14-24-16-10-7-6-8-11-16/h16H,4-15H2,1-3H3,(H2,18,19,20). The van der Waals surface area contributed by atoms with Crippen molar-refractivity contribution < 1.29 is 13.2 Å². The molecule has 0 heterocycles. The number of hydrogen-bond donors (Lipinski definition) is 2. The van der Waals surface area contributed by atoms with E-state index in [0.717, 1.165) is 19.6 Å². The van der Waals surface area contributed by atoms with Crippen LogP contribution in [0.1, 0.15) is 52.4 Å². The Morgan fingerprint density at radius 1 is 1.12 bits per heavy atom. The van der Waals surface area contributed by atoms with Gasteiger partial charge in [-0.25, -0.2) is 12.7 Å². The van der Waals surface area contributed by atoms with Crippen molar-refractivity contribution in [2.24, 2.45) is 4.99 Å². The molecule has 25 heavy (non-hydrogen) atoms. The monoisotopic (exact) mass is 376 g/mol. The van der Waals surface area contributed by atoms with Crippen molar-refractivity contribution >= 4 is 16.0 Å². The number of rotatable bonds is 11. The first-order chi connectivity index (χ1) is 12.0. The molecular weight excluding hydrogens is 340 g/mol. The van der Waals surface area contributed by atoms with E-state index in [4.69, 9.17) is 4.74 Å². The average Bonchev–Trinajstić information content (AvgIpc) is 2.61. The van der Waals surface area contributed by atoms with Gasteiger partial charge in [0.15, 0.2) is 5.96 Å². The molecule has 0 atom stereocenters. The SMILES string of the molecule is CCN(CC)S(=O)(=O)CCNC(=NC)NCCCOC1CCCCC1. The Morgan fingerprint density at radius 2 is 1.76 bits per heavy atom. The number of hydrogen-bond acceptors (Lipinski definition) is 4. The predicted octanol–water partition coefficient (Wildman–Crippen LogP) is 1.56. The summed E-state index contributed by atoms with van der Waals surface area (Å²) in [6, 6.07) is 0. The van der Waals surface area contributed by atoms with Crippen molar-refractivity contribution in [3.63, 3.8) is 0 Å². The third kappa shape index (κ3) is 8.87. The summed E-state index contributed by atoms with van der Waals surface area (Å²) < 4.78 is 31.6. The first-order valence-electron chi connectivity index (χ1n) is 9.57. The largest absolute Gasteiger partial charge is 0.378 e. The van der Waals surface area contributed by atoms with Gasteiger partial charge in [0.2, 0.25) is 10.0 Å². The normalized spacial score (nSPS) is 17.0. The summed E-state index contributed by atoms with van der Waals surface area (Å²) in [4.78, 5) is 4.13. The zero-order chi connectivity index (χ0) is 18.5. The third-order valence-corrected chi connectivity index (χ3v) is 6.52. The highest BCUT2D eigenvalue weighted by molar-refractivity contribution is 7.89. The quantitative estimate of drug-likeness (QED) is 0.325. The second kappa shape index (κ2) is 12.5. The molecule has 1 saturated carbocycles. The second-order valence-electron chi connectivity index (χ2n) is 6.31. The van der Waals surface area contributed by atoms with Crippen LogP contribution in [0.3, 0.4) is 0 Å². The molecule has 1 rings (SSSR count). The lowest BCUT2D eigenvalue weighted by atomic mass is 9.98. The maximum absolute atomic E-state index is 12.1. The van der Waals surface area contributed by atoms with E-state index < -0.39 is 10.0 Å².